The van der Waals surface area contributed by atoms with Gasteiger partial charge in [-0.1, -0.05) is 53.3 Å². The molecule has 4 rings (SSSR count). The molecule has 2 aromatic heterocycles. The molecule has 30 heavy (non-hydrogen) atoms. The average Bonchev–Trinajstić information content (AvgIpc) is 3.18. The summed E-state index contributed by atoms with van der Waals surface area (Å²) in [6, 6.07) is 17.8. The molecule has 0 atom stereocenters. The smallest absolute Gasteiger partial charge is 0.233 e. The fraction of sp³-hybridized carbons (Fsp3) is 0.208. The Hall–Kier alpha value is -3.25. The van der Waals surface area contributed by atoms with Crippen molar-refractivity contribution in [2.75, 3.05) is 11.5 Å². The molecule has 6 heteroatoms. The molecule has 0 aliphatic carbocycles. The van der Waals surface area contributed by atoms with Crippen LogP contribution < -0.4 is 9.64 Å². The van der Waals surface area contributed by atoms with Crippen molar-refractivity contribution < 1.29 is 9.53 Å². The summed E-state index contributed by atoms with van der Waals surface area (Å²) in [7, 11) is 0. The molecule has 0 radical (unpaired) electrons. The number of pyridine rings is 1. The van der Waals surface area contributed by atoms with Gasteiger partial charge >= 0.3 is 0 Å². The van der Waals surface area contributed by atoms with Gasteiger partial charge in [-0.25, -0.2) is 4.98 Å². The summed E-state index contributed by atoms with van der Waals surface area (Å²) >= 11 is 1.50. The molecule has 2 aromatic carbocycles. The van der Waals surface area contributed by atoms with Crippen LogP contribution >= 0.6 is 11.3 Å². The SMILES string of the molecule is CCOc1cccc2sc(N(Cc3cccnc3)C(=O)Cc3cccc(C)c3)nc12. The van der Waals surface area contributed by atoms with Gasteiger partial charge in [0.15, 0.2) is 5.13 Å². The Kier molecular flexibility index (Phi) is 6.05. The van der Waals surface area contributed by atoms with E-state index >= 15 is 0 Å². The van der Waals surface area contributed by atoms with E-state index in [0.29, 0.717) is 24.7 Å². The van der Waals surface area contributed by atoms with Crippen LogP contribution in [0.4, 0.5) is 5.13 Å². The van der Waals surface area contributed by atoms with Crippen LogP contribution in [0.5, 0.6) is 5.75 Å². The van der Waals surface area contributed by atoms with Crippen LogP contribution in [0.1, 0.15) is 23.6 Å². The highest BCUT2D eigenvalue weighted by molar-refractivity contribution is 7.22. The first kappa shape index (κ1) is 20.0. The molecule has 0 aliphatic heterocycles. The normalized spacial score (nSPS) is 10.9. The number of aromatic nitrogens is 2. The fourth-order valence-electron chi connectivity index (χ4n) is 3.33. The van der Waals surface area contributed by atoms with E-state index in [1.807, 2.05) is 68.4 Å². The first-order valence-corrected chi connectivity index (χ1v) is 10.7. The minimum absolute atomic E-state index is 0.00136. The molecule has 0 saturated heterocycles. The molecule has 0 bridgehead atoms. The average molecular weight is 418 g/mol. The minimum atomic E-state index is 0.00136. The number of hydrogen-bond donors (Lipinski definition) is 0. The van der Waals surface area contributed by atoms with Crippen molar-refractivity contribution in [3.05, 3.63) is 83.7 Å². The van der Waals surface area contributed by atoms with E-state index in [1.54, 1.807) is 17.3 Å². The van der Waals surface area contributed by atoms with Crippen molar-refractivity contribution in [3.8, 4) is 5.75 Å². The molecular weight excluding hydrogens is 394 g/mol. The Labute approximate surface area is 180 Å². The number of hydrogen-bond acceptors (Lipinski definition) is 5. The molecule has 5 nitrogen and oxygen atoms in total. The van der Waals surface area contributed by atoms with Crippen molar-refractivity contribution in [3.63, 3.8) is 0 Å². The fourth-order valence-corrected chi connectivity index (χ4v) is 4.33. The monoisotopic (exact) mass is 417 g/mol. The van der Waals surface area contributed by atoms with Gasteiger partial charge in [-0.2, -0.15) is 0 Å². The van der Waals surface area contributed by atoms with Crippen LogP contribution in [-0.2, 0) is 17.8 Å². The van der Waals surface area contributed by atoms with Gasteiger partial charge in [0.2, 0.25) is 5.91 Å². The molecule has 0 N–H and O–H groups in total. The number of rotatable bonds is 7. The van der Waals surface area contributed by atoms with E-state index < -0.39 is 0 Å². The third-order valence-corrected chi connectivity index (χ3v) is 5.75. The largest absolute Gasteiger partial charge is 0.492 e. The molecule has 0 saturated carbocycles. The number of anilines is 1. The summed E-state index contributed by atoms with van der Waals surface area (Å²) in [5.41, 5.74) is 3.88. The topological polar surface area (TPSA) is 55.3 Å². The van der Waals surface area contributed by atoms with Crippen molar-refractivity contribution in [1.82, 2.24) is 9.97 Å². The highest BCUT2D eigenvalue weighted by Gasteiger charge is 2.22. The predicted molar refractivity (Wildman–Crippen MR) is 121 cm³/mol. The molecule has 0 spiro atoms. The Morgan fingerprint density at radius 2 is 1.93 bits per heavy atom. The number of carbonyl (C=O) groups is 1. The number of fused-ring (bicyclic) bond motifs is 1. The Morgan fingerprint density at radius 3 is 2.70 bits per heavy atom. The van der Waals surface area contributed by atoms with Gasteiger partial charge in [-0.05, 0) is 43.2 Å². The number of benzene rings is 2. The van der Waals surface area contributed by atoms with Gasteiger partial charge in [0, 0.05) is 12.4 Å². The second-order valence-corrected chi connectivity index (χ2v) is 8.05. The zero-order valence-electron chi connectivity index (χ0n) is 17.0. The first-order chi connectivity index (χ1) is 14.6. The molecule has 0 unspecified atom stereocenters. The van der Waals surface area contributed by atoms with Crippen LogP contribution in [0.3, 0.4) is 0 Å². The maximum Gasteiger partial charge on any atom is 0.233 e. The molecule has 152 valence electrons. The van der Waals surface area contributed by atoms with Crippen LogP contribution in [0.15, 0.2) is 67.0 Å². The van der Waals surface area contributed by atoms with Crippen molar-refractivity contribution >= 4 is 32.6 Å². The lowest BCUT2D eigenvalue weighted by molar-refractivity contribution is -0.118. The van der Waals surface area contributed by atoms with Gasteiger partial charge in [0.05, 0.1) is 24.3 Å². The van der Waals surface area contributed by atoms with E-state index in [0.717, 1.165) is 32.7 Å². The lowest BCUT2D eigenvalue weighted by Crippen LogP contribution is -2.31. The van der Waals surface area contributed by atoms with E-state index in [1.165, 1.54) is 11.3 Å². The summed E-state index contributed by atoms with van der Waals surface area (Å²) in [6.45, 7) is 4.97. The summed E-state index contributed by atoms with van der Waals surface area (Å²) in [5, 5.41) is 0.665. The highest BCUT2D eigenvalue weighted by Crippen LogP contribution is 2.35. The second-order valence-electron chi connectivity index (χ2n) is 7.04. The predicted octanol–water partition coefficient (Wildman–Crippen LogP) is 5.17. The molecular formula is C24H23N3O2S. The molecule has 1 amide bonds. The third kappa shape index (κ3) is 4.49. The van der Waals surface area contributed by atoms with Crippen LogP contribution in [-0.4, -0.2) is 22.5 Å². The van der Waals surface area contributed by atoms with Crippen molar-refractivity contribution in [2.24, 2.45) is 0 Å². The van der Waals surface area contributed by atoms with E-state index in [4.69, 9.17) is 9.72 Å². The van der Waals surface area contributed by atoms with E-state index in [2.05, 4.69) is 4.98 Å². The lowest BCUT2D eigenvalue weighted by Gasteiger charge is -2.20. The van der Waals surface area contributed by atoms with Crippen LogP contribution in [0.25, 0.3) is 10.2 Å². The van der Waals surface area contributed by atoms with E-state index in [-0.39, 0.29) is 5.91 Å². The Bertz CT molecular complexity index is 1160. The van der Waals surface area contributed by atoms with Crippen molar-refractivity contribution in [2.45, 2.75) is 26.8 Å². The zero-order chi connectivity index (χ0) is 20.9. The lowest BCUT2D eigenvalue weighted by atomic mass is 10.1. The number of nitrogens with zero attached hydrogens (tertiary/aromatic N) is 3. The molecule has 0 fully saturated rings. The molecule has 4 aromatic rings. The molecule has 2 heterocycles. The van der Waals surface area contributed by atoms with E-state index in [9.17, 15) is 4.79 Å². The number of ether oxygens (including phenoxy) is 1. The van der Waals surface area contributed by atoms with Gasteiger partial charge in [0.1, 0.15) is 11.3 Å². The van der Waals surface area contributed by atoms with Gasteiger partial charge < -0.3 is 4.74 Å². The summed E-state index contributed by atoms with van der Waals surface area (Å²) in [6.07, 6.45) is 3.83. The van der Waals surface area contributed by atoms with Gasteiger partial charge in [-0.15, -0.1) is 0 Å². The number of para-hydroxylation sites is 1. The zero-order valence-corrected chi connectivity index (χ0v) is 17.9. The van der Waals surface area contributed by atoms with Crippen molar-refractivity contribution in [1.29, 1.82) is 0 Å². The summed E-state index contributed by atoms with van der Waals surface area (Å²) in [4.78, 5) is 24.1. The number of amides is 1. The third-order valence-electron chi connectivity index (χ3n) is 4.70. The summed E-state index contributed by atoms with van der Waals surface area (Å²) in [5.74, 6) is 0.742. The van der Waals surface area contributed by atoms with Crippen LogP contribution in [0, 0.1) is 6.92 Å². The highest BCUT2D eigenvalue weighted by atomic mass is 32.1. The quantitative estimate of drug-likeness (QED) is 0.416. The Balaban J connectivity index is 1.70. The maximum absolute atomic E-state index is 13.4. The van der Waals surface area contributed by atoms with Crippen LogP contribution in [0.2, 0.25) is 0 Å². The Morgan fingerprint density at radius 1 is 1.10 bits per heavy atom. The maximum atomic E-state index is 13.4. The minimum Gasteiger partial charge on any atom is -0.492 e. The molecule has 0 aliphatic rings. The summed E-state index contributed by atoms with van der Waals surface area (Å²) < 4.78 is 6.73. The standard InChI is InChI=1S/C24H23N3O2S/c1-3-29-20-10-5-11-21-23(20)26-24(30-21)27(16-19-9-6-12-25-15-19)22(28)14-18-8-4-7-17(2)13-18/h4-13,15H,3,14,16H2,1-2H3. The number of carbonyl (C=O) groups excluding carboxylic acids is 1. The van der Waals surface area contributed by atoms with Gasteiger partial charge in [0.25, 0.3) is 0 Å². The first-order valence-electron chi connectivity index (χ1n) is 9.91. The number of aryl methyl sites for hydroxylation is 1. The second kappa shape index (κ2) is 9.05. The number of thiazole rings is 1. The van der Waals surface area contributed by atoms with Gasteiger partial charge in [-0.3, -0.25) is 14.7 Å².